The molecular weight excluding hydrogens is 318 g/mol. The number of nitrogens with one attached hydrogen (secondary N) is 1. The Labute approximate surface area is 142 Å². The maximum atomic E-state index is 12.6. The van der Waals surface area contributed by atoms with Gasteiger partial charge in [-0.15, -0.1) is 0 Å². The number of para-hydroxylation sites is 2. The zero-order valence-electron chi connectivity index (χ0n) is 13.0. The minimum absolute atomic E-state index is 0.0469. The summed E-state index contributed by atoms with van der Waals surface area (Å²) in [4.78, 5) is 23.8. The molecular formula is C20H13NO4. The highest BCUT2D eigenvalue weighted by molar-refractivity contribution is 6.12. The van der Waals surface area contributed by atoms with Gasteiger partial charge in [0.05, 0.1) is 11.3 Å². The maximum absolute atomic E-state index is 12.6. The van der Waals surface area contributed by atoms with E-state index in [4.69, 9.17) is 4.42 Å². The molecule has 0 fully saturated rings. The van der Waals surface area contributed by atoms with Crippen LogP contribution < -0.4 is 5.32 Å². The molecule has 1 amide bonds. The Balaban J connectivity index is 1.73. The number of carbonyl (C=O) groups is 2. The maximum Gasteiger partial charge on any atom is 0.337 e. The molecule has 4 aromatic rings. The fourth-order valence-electron chi connectivity index (χ4n) is 2.84. The number of carboxylic acid groups (broad SMARTS) is 1. The van der Waals surface area contributed by atoms with E-state index in [1.165, 1.54) is 6.07 Å². The van der Waals surface area contributed by atoms with Gasteiger partial charge in [-0.3, -0.25) is 4.79 Å². The summed E-state index contributed by atoms with van der Waals surface area (Å²) in [5.74, 6) is -1.46. The van der Waals surface area contributed by atoms with Gasteiger partial charge >= 0.3 is 5.97 Å². The molecule has 0 saturated carbocycles. The van der Waals surface area contributed by atoms with E-state index in [-0.39, 0.29) is 17.2 Å². The van der Waals surface area contributed by atoms with Crippen molar-refractivity contribution in [2.45, 2.75) is 0 Å². The minimum Gasteiger partial charge on any atom is -0.478 e. The van der Waals surface area contributed by atoms with Gasteiger partial charge in [0.2, 0.25) is 0 Å². The monoisotopic (exact) mass is 331 g/mol. The van der Waals surface area contributed by atoms with Crippen LogP contribution in [0.25, 0.3) is 21.9 Å². The van der Waals surface area contributed by atoms with Crippen LogP contribution in [0.4, 0.5) is 5.69 Å². The Morgan fingerprint density at radius 2 is 1.56 bits per heavy atom. The Morgan fingerprint density at radius 3 is 2.40 bits per heavy atom. The van der Waals surface area contributed by atoms with Crippen molar-refractivity contribution in [1.82, 2.24) is 0 Å². The molecule has 2 N–H and O–H groups in total. The van der Waals surface area contributed by atoms with Crippen LogP contribution >= 0.6 is 0 Å². The summed E-state index contributed by atoms with van der Waals surface area (Å²) in [6.45, 7) is 0. The average molecular weight is 331 g/mol. The molecule has 4 rings (SSSR count). The Kier molecular flexibility index (Phi) is 3.47. The number of fused-ring (bicyclic) bond motifs is 3. The lowest BCUT2D eigenvalue weighted by atomic mass is 10.1. The molecule has 0 radical (unpaired) electrons. The zero-order valence-corrected chi connectivity index (χ0v) is 13.0. The van der Waals surface area contributed by atoms with Crippen LogP contribution in [0.2, 0.25) is 0 Å². The second-order valence-corrected chi connectivity index (χ2v) is 5.61. The molecule has 5 heteroatoms. The first kappa shape index (κ1) is 15.0. The van der Waals surface area contributed by atoms with E-state index in [0.717, 1.165) is 16.4 Å². The van der Waals surface area contributed by atoms with Crippen LogP contribution in [-0.2, 0) is 0 Å². The topological polar surface area (TPSA) is 79.5 Å². The van der Waals surface area contributed by atoms with E-state index >= 15 is 0 Å². The third-order valence-corrected chi connectivity index (χ3v) is 4.04. The van der Waals surface area contributed by atoms with E-state index in [1.807, 2.05) is 24.3 Å². The van der Waals surface area contributed by atoms with Gasteiger partial charge in [0, 0.05) is 16.3 Å². The first-order valence-electron chi connectivity index (χ1n) is 7.68. The van der Waals surface area contributed by atoms with Crippen molar-refractivity contribution >= 4 is 39.5 Å². The highest BCUT2D eigenvalue weighted by Crippen LogP contribution is 2.29. The third kappa shape index (κ3) is 2.61. The van der Waals surface area contributed by atoms with Crippen LogP contribution in [0.3, 0.4) is 0 Å². The summed E-state index contributed by atoms with van der Waals surface area (Å²) in [7, 11) is 0. The highest BCUT2D eigenvalue weighted by atomic mass is 16.4. The molecule has 1 heterocycles. The molecule has 3 aromatic carbocycles. The summed E-state index contributed by atoms with van der Waals surface area (Å²) >= 11 is 0. The number of amides is 1. The second kappa shape index (κ2) is 5.79. The van der Waals surface area contributed by atoms with Gasteiger partial charge in [-0.2, -0.15) is 0 Å². The molecule has 25 heavy (non-hydrogen) atoms. The van der Waals surface area contributed by atoms with E-state index < -0.39 is 5.97 Å². The quantitative estimate of drug-likeness (QED) is 0.578. The molecule has 0 aliphatic heterocycles. The Morgan fingerprint density at radius 1 is 0.840 bits per heavy atom. The average Bonchev–Trinajstić information content (AvgIpc) is 2.99. The van der Waals surface area contributed by atoms with Gasteiger partial charge in [0.15, 0.2) is 0 Å². The predicted molar refractivity (Wildman–Crippen MR) is 95.1 cm³/mol. The normalized spacial score (nSPS) is 10.9. The van der Waals surface area contributed by atoms with Crippen LogP contribution in [-0.4, -0.2) is 17.0 Å². The van der Waals surface area contributed by atoms with Crippen molar-refractivity contribution in [3.05, 3.63) is 77.9 Å². The van der Waals surface area contributed by atoms with Crippen molar-refractivity contribution < 1.29 is 19.1 Å². The van der Waals surface area contributed by atoms with Crippen molar-refractivity contribution in [1.29, 1.82) is 0 Å². The first-order chi connectivity index (χ1) is 12.1. The van der Waals surface area contributed by atoms with Crippen molar-refractivity contribution in [2.24, 2.45) is 0 Å². The molecule has 0 unspecified atom stereocenters. The number of benzene rings is 3. The number of aromatic carboxylic acids is 1. The highest BCUT2D eigenvalue weighted by Gasteiger charge is 2.14. The second-order valence-electron chi connectivity index (χ2n) is 5.61. The Hall–Kier alpha value is -3.60. The fraction of sp³-hybridized carbons (Fsp3) is 0. The number of furan rings is 1. The van der Waals surface area contributed by atoms with E-state index in [0.29, 0.717) is 11.1 Å². The van der Waals surface area contributed by atoms with Crippen LogP contribution in [0, 0.1) is 0 Å². The molecule has 122 valence electrons. The van der Waals surface area contributed by atoms with Crippen molar-refractivity contribution in [2.75, 3.05) is 5.32 Å². The summed E-state index contributed by atoms with van der Waals surface area (Å²) in [5, 5.41) is 13.7. The molecule has 0 aliphatic rings. The van der Waals surface area contributed by atoms with E-state index in [9.17, 15) is 14.7 Å². The SMILES string of the molecule is O=C(Nc1ccccc1C(=O)O)c1ccc2oc3ccccc3c2c1. The summed E-state index contributed by atoms with van der Waals surface area (Å²) in [6, 6.07) is 19.1. The number of carbonyl (C=O) groups excluding carboxylic acids is 1. The number of hydrogen-bond acceptors (Lipinski definition) is 3. The van der Waals surface area contributed by atoms with Gasteiger partial charge in [-0.1, -0.05) is 30.3 Å². The number of rotatable bonds is 3. The van der Waals surface area contributed by atoms with Gasteiger partial charge < -0.3 is 14.8 Å². The molecule has 1 aromatic heterocycles. The van der Waals surface area contributed by atoms with Crippen molar-refractivity contribution in [3.63, 3.8) is 0 Å². The molecule has 0 aliphatic carbocycles. The summed E-state index contributed by atoms with van der Waals surface area (Å²) < 4.78 is 5.75. The molecule has 5 nitrogen and oxygen atoms in total. The van der Waals surface area contributed by atoms with Crippen LogP contribution in [0.1, 0.15) is 20.7 Å². The molecule has 0 saturated heterocycles. The van der Waals surface area contributed by atoms with E-state index in [1.54, 1.807) is 36.4 Å². The zero-order chi connectivity index (χ0) is 17.4. The van der Waals surface area contributed by atoms with Crippen LogP contribution in [0.5, 0.6) is 0 Å². The lowest BCUT2D eigenvalue weighted by Gasteiger charge is -2.08. The standard InChI is InChI=1S/C20H13NO4/c22-19(21-16-7-3-1-6-14(16)20(23)24)12-9-10-18-15(11-12)13-5-2-4-8-17(13)25-18/h1-11H,(H,21,22)(H,23,24). The molecule has 0 spiro atoms. The first-order valence-corrected chi connectivity index (χ1v) is 7.68. The lowest BCUT2D eigenvalue weighted by Crippen LogP contribution is -2.14. The lowest BCUT2D eigenvalue weighted by molar-refractivity contribution is 0.0698. The smallest absolute Gasteiger partial charge is 0.337 e. The minimum atomic E-state index is -1.09. The van der Waals surface area contributed by atoms with Crippen LogP contribution in [0.15, 0.2) is 71.1 Å². The fourth-order valence-corrected chi connectivity index (χ4v) is 2.84. The number of carboxylic acids is 1. The van der Waals surface area contributed by atoms with Gasteiger partial charge in [-0.05, 0) is 36.4 Å². The van der Waals surface area contributed by atoms with Gasteiger partial charge in [0.1, 0.15) is 11.2 Å². The molecule has 0 bridgehead atoms. The van der Waals surface area contributed by atoms with E-state index in [2.05, 4.69) is 5.32 Å². The predicted octanol–water partition coefficient (Wildman–Crippen LogP) is 4.54. The Bertz CT molecular complexity index is 1130. The summed E-state index contributed by atoms with van der Waals surface area (Å²) in [5.41, 5.74) is 2.19. The number of anilines is 1. The number of hydrogen-bond donors (Lipinski definition) is 2. The van der Waals surface area contributed by atoms with Gasteiger partial charge in [0.25, 0.3) is 5.91 Å². The summed E-state index contributed by atoms with van der Waals surface area (Å²) in [6.07, 6.45) is 0. The third-order valence-electron chi connectivity index (χ3n) is 4.04. The molecule has 0 atom stereocenters. The van der Waals surface area contributed by atoms with Gasteiger partial charge in [-0.25, -0.2) is 4.79 Å². The van der Waals surface area contributed by atoms with Crippen molar-refractivity contribution in [3.8, 4) is 0 Å². The largest absolute Gasteiger partial charge is 0.478 e.